The Hall–Kier alpha value is -0.650. The van der Waals surface area contributed by atoms with Gasteiger partial charge in [0.15, 0.2) is 0 Å². The molecule has 0 aromatic carbocycles. The van der Waals surface area contributed by atoms with Crippen molar-refractivity contribution >= 4 is 16.2 Å². The second-order valence-corrected chi connectivity index (χ2v) is 2.95. The van der Waals surface area contributed by atoms with Gasteiger partial charge < -0.3 is 4.90 Å². The Bertz CT molecular complexity index is 232. The summed E-state index contributed by atoms with van der Waals surface area (Å²) in [6, 6.07) is 0. The van der Waals surface area contributed by atoms with Crippen LogP contribution in [0.3, 0.4) is 0 Å². The van der Waals surface area contributed by atoms with E-state index in [-0.39, 0.29) is 5.84 Å². The van der Waals surface area contributed by atoms with Crippen molar-refractivity contribution in [2.75, 3.05) is 14.1 Å². The highest BCUT2D eigenvalue weighted by molar-refractivity contribution is 7.85. The Kier molecular flexibility index (Phi) is 2.77. The van der Waals surface area contributed by atoms with Gasteiger partial charge in [-0.3, -0.25) is 0 Å². The predicted octanol–water partition coefficient (Wildman–Crippen LogP) is 0.181. The van der Waals surface area contributed by atoms with E-state index in [0.717, 1.165) is 0 Å². The van der Waals surface area contributed by atoms with Crippen LogP contribution in [0.5, 0.6) is 0 Å². The number of halogens is 1. The largest absolute Gasteiger partial charge is 0.419 e. The van der Waals surface area contributed by atoms with Crippen molar-refractivity contribution in [2.45, 2.75) is 6.92 Å². The molecular formula is C4H9FN2O2S. The van der Waals surface area contributed by atoms with Gasteiger partial charge in [0.25, 0.3) is 0 Å². The van der Waals surface area contributed by atoms with E-state index >= 15 is 0 Å². The van der Waals surface area contributed by atoms with Crippen LogP contribution >= 0.6 is 0 Å². The molecule has 0 saturated heterocycles. The molecule has 0 unspecified atom stereocenters. The van der Waals surface area contributed by atoms with Crippen LogP contribution in [-0.4, -0.2) is 33.2 Å². The minimum atomic E-state index is -4.72. The number of hydrogen-bond acceptors (Lipinski definition) is 2. The molecule has 0 radical (unpaired) electrons. The van der Waals surface area contributed by atoms with Gasteiger partial charge in [0, 0.05) is 14.1 Å². The van der Waals surface area contributed by atoms with Crippen molar-refractivity contribution in [2.24, 2.45) is 4.40 Å². The second kappa shape index (κ2) is 2.96. The normalized spacial score (nSPS) is 13.4. The lowest BCUT2D eigenvalue weighted by molar-refractivity contribution is 0.550. The molecule has 0 rings (SSSR count). The first-order valence-electron chi connectivity index (χ1n) is 2.51. The molecule has 60 valence electrons. The van der Waals surface area contributed by atoms with Gasteiger partial charge in [-0.1, -0.05) is 3.89 Å². The molecule has 0 heterocycles. The molecule has 0 N–H and O–H groups in total. The lowest BCUT2D eigenvalue weighted by Crippen LogP contribution is -2.19. The Labute approximate surface area is 59.7 Å². The average Bonchev–Trinajstić information content (AvgIpc) is 1.60. The maximum absolute atomic E-state index is 11.8. The number of rotatable bonds is 1. The lowest BCUT2D eigenvalue weighted by Gasteiger charge is -2.08. The van der Waals surface area contributed by atoms with E-state index in [0.29, 0.717) is 0 Å². The van der Waals surface area contributed by atoms with E-state index in [1.54, 1.807) is 14.1 Å². The van der Waals surface area contributed by atoms with E-state index in [4.69, 9.17) is 0 Å². The van der Waals surface area contributed by atoms with Crippen LogP contribution in [0.4, 0.5) is 3.89 Å². The molecule has 0 amide bonds. The molecule has 0 aliphatic rings. The topological polar surface area (TPSA) is 49.7 Å². The SMILES string of the molecule is CC(=NS(=O)(=O)F)N(C)C. The third kappa shape index (κ3) is 4.25. The molecular weight excluding hydrogens is 159 g/mol. The first kappa shape index (κ1) is 9.35. The van der Waals surface area contributed by atoms with Gasteiger partial charge in [-0.05, 0) is 6.92 Å². The molecule has 0 bridgehead atoms. The third-order valence-electron chi connectivity index (χ3n) is 0.888. The van der Waals surface area contributed by atoms with Crippen molar-refractivity contribution in [3.63, 3.8) is 0 Å². The van der Waals surface area contributed by atoms with Gasteiger partial charge in [0.1, 0.15) is 5.84 Å². The summed E-state index contributed by atoms with van der Waals surface area (Å²) in [4.78, 5) is 1.40. The molecule has 4 nitrogen and oxygen atoms in total. The fourth-order valence-electron chi connectivity index (χ4n) is 0.239. The quantitative estimate of drug-likeness (QED) is 0.319. The first-order valence-corrected chi connectivity index (χ1v) is 3.85. The van der Waals surface area contributed by atoms with Gasteiger partial charge in [-0.15, -0.1) is 4.40 Å². The molecule has 0 aromatic heterocycles. The van der Waals surface area contributed by atoms with Crippen LogP contribution in [0.15, 0.2) is 4.40 Å². The molecule has 0 saturated carbocycles. The highest BCUT2D eigenvalue weighted by Gasteiger charge is 2.04. The van der Waals surface area contributed by atoms with E-state index in [9.17, 15) is 12.3 Å². The van der Waals surface area contributed by atoms with E-state index < -0.39 is 10.4 Å². The van der Waals surface area contributed by atoms with E-state index in [1.165, 1.54) is 11.8 Å². The van der Waals surface area contributed by atoms with Crippen LogP contribution in [0, 0.1) is 0 Å². The summed E-state index contributed by atoms with van der Waals surface area (Å²) in [7, 11) is -1.58. The summed E-state index contributed by atoms with van der Waals surface area (Å²) >= 11 is 0. The van der Waals surface area contributed by atoms with E-state index in [1.807, 2.05) is 0 Å². The van der Waals surface area contributed by atoms with E-state index in [2.05, 4.69) is 4.40 Å². The smallest absolute Gasteiger partial charge is 0.366 e. The van der Waals surface area contributed by atoms with Crippen molar-refractivity contribution in [3.8, 4) is 0 Å². The molecule has 0 spiro atoms. The fraction of sp³-hybridized carbons (Fsp3) is 0.750. The molecule has 0 aliphatic heterocycles. The molecule has 6 heteroatoms. The zero-order chi connectivity index (χ0) is 8.36. The Balaban J connectivity index is 4.49. The van der Waals surface area contributed by atoms with Crippen LogP contribution < -0.4 is 0 Å². The summed E-state index contributed by atoms with van der Waals surface area (Å²) < 4.78 is 34.2. The van der Waals surface area contributed by atoms with Gasteiger partial charge in [-0.25, -0.2) is 0 Å². The number of nitrogens with zero attached hydrogens (tertiary/aromatic N) is 2. The maximum atomic E-state index is 11.8. The second-order valence-electron chi connectivity index (χ2n) is 1.95. The van der Waals surface area contributed by atoms with Crippen LogP contribution in [0.25, 0.3) is 0 Å². The molecule has 0 aliphatic carbocycles. The maximum Gasteiger partial charge on any atom is 0.419 e. The van der Waals surface area contributed by atoms with Crippen LogP contribution in [0.1, 0.15) is 6.92 Å². The summed E-state index contributed by atoms with van der Waals surface area (Å²) in [5, 5.41) is 0. The zero-order valence-electron chi connectivity index (χ0n) is 6.00. The number of hydrogen-bond donors (Lipinski definition) is 0. The summed E-state index contributed by atoms with van der Waals surface area (Å²) in [5.74, 6) is 0.113. The number of amidine groups is 1. The molecule has 0 fully saturated rings. The molecule has 0 aromatic rings. The standard InChI is InChI=1S/C4H9FN2O2S/c1-4(7(2)3)6-10(5,8)9/h1-3H3. The summed E-state index contributed by atoms with van der Waals surface area (Å²) in [5.41, 5.74) is 0. The van der Waals surface area contributed by atoms with Gasteiger partial charge in [-0.2, -0.15) is 8.42 Å². The van der Waals surface area contributed by atoms with Crippen molar-refractivity contribution in [1.82, 2.24) is 4.90 Å². The van der Waals surface area contributed by atoms with Crippen molar-refractivity contribution < 1.29 is 12.3 Å². The van der Waals surface area contributed by atoms with Crippen molar-refractivity contribution in [3.05, 3.63) is 0 Å². The average molecular weight is 168 g/mol. The van der Waals surface area contributed by atoms with Gasteiger partial charge in [0.05, 0.1) is 0 Å². The van der Waals surface area contributed by atoms with Crippen LogP contribution in [-0.2, 0) is 10.4 Å². The predicted molar refractivity (Wildman–Crippen MR) is 36.8 cm³/mol. The summed E-state index contributed by atoms with van der Waals surface area (Å²) in [6.07, 6.45) is 0. The molecule has 10 heavy (non-hydrogen) atoms. The highest BCUT2D eigenvalue weighted by Crippen LogP contribution is 1.94. The Morgan fingerprint density at radius 3 is 2.00 bits per heavy atom. The lowest BCUT2D eigenvalue weighted by atomic mass is 10.6. The minimum absolute atomic E-state index is 0.113. The first-order chi connectivity index (χ1) is 4.33. The van der Waals surface area contributed by atoms with Crippen LogP contribution in [0.2, 0.25) is 0 Å². The Morgan fingerprint density at radius 2 is 1.90 bits per heavy atom. The Morgan fingerprint density at radius 1 is 1.50 bits per heavy atom. The zero-order valence-corrected chi connectivity index (χ0v) is 6.81. The van der Waals surface area contributed by atoms with Gasteiger partial charge in [0.2, 0.25) is 0 Å². The summed E-state index contributed by atoms with van der Waals surface area (Å²) in [6.45, 7) is 1.40. The van der Waals surface area contributed by atoms with Gasteiger partial charge >= 0.3 is 10.4 Å². The monoisotopic (exact) mass is 168 g/mol. The minimum Gasteiger partial charge on any atom is -0.366 e. The third-order valence-corrected chi connectivity index (χ3v) is 1.37. The fourth-order valence-corrected chi connectivity index (χ4v) is 0.718. The highest BCUT2D eigenvalue weighted by atomic mass is 32.3. The van der Waals surface area contributed by atoms with Crippen molar-refractivity contribution in [1.29, 1.82) is 0 Å². The molecule has 0 atom stereocenters.